The van der Waals surface area contributed by atoms with E-state index in [9.17, 15) is 0 Å². The van der Waals surface area contributed by atoms with Crippen LogP contribution in [0.4, 0.5) is 0 Å². The normalized spacial score (nSPS) is 10.4. The molecule has 0 atom stereocenters. The third-order valence-electron chi connectivity index (χ3n) is 1.04. The van der Waals surface area contributed by atoms with Gasteiger partial charge < -0.3 is 11.1 Å². The van der Waals surface area contributed by atoms with Crippen LogP contribution in [0.2, 0.25) is 4.47 Å². The highest BCUT2D eigenvalue weighted by Gasteiger charge is 1.99. The lowest BCUT2D eigenvalue weighted by molar-refractivity contribution is 0.686. The van der Waals surface area contributed by atoms with Gasteiger partial charge in [-0.3, -0.25) is 0 Å². The molecule has 6 heteroatoms. The number of rotatable bonds is 4. The fraction of sp³-hybridized carbons (Fsp3) is 0.600. The van der Waals surface area contributed by atoms with Crippen LogP contribution in [0, 0.1) is 0 Å². The van der Waals surface area contributed by atoms with Crippen molar-refractivity contribution in [3.8, 4) is 0 Å². The molecule has 0 spiro atoms. The first-order valence-electron chi connectivity index (χ1n) is 3.21. The summed E-state index contributed by atoms with van der Waals surface area (Å²) in [5.74, 6) is 0. The zero-order valence-corrected chi connectivity index (χ0v) is 7.45. The molecule has 11 heavy (non-hydrogen) atoms. The van der Waals surface area contributed by atoms with Gasteiger partial charge in [-0.25, -0.2) is 0 Å². The van der Waals surface area contributed by atoms with Crippen molar-refractivity contribution in [2.75, 3.05) is 13.1 Å². The number of nitrogens with one attached hydrogen (secondary N) is 1. The quantitative estimate of drug-likeness (QED) is 0.671. The minimum atomic E-state index is 0.481. The van der Waals surface area contributed by atoms with Gasteiger partial charge >= 0.3 is 0 Å². The van der Waals surface area contributed by atoms with Gasteiger partial charge in [0.05, 0.1) is 0 Å². The van der Waals surface area contributed by atoms with Crippen molar-refractivity contribution in [1.29, 1.82) is 0 Å². The second-order valence-corrected chi connectivity index (χ2v) is 3.56. The fourth-order valence-corrected chi connectivity index (χ4v) is 1.44. The molecule has 0 unspecified atom stereocenters. The Labute approximate surface area is 73.8 Å². The number of hydrogen-bond acceptors (Lipinski definition) is 5. The summed E-state index contributed by atoms with van der Waals surface area (Å²) in [5, 5.41) is 11.5. The van der Waals surface area contributed by atoms with Gasteiger partial charge in [0, 0.05) is 19.6 Å². The average molecular weight is 193 g/mol. The number of hydrogen-bond donors (Lipinski definition) is 2. The molecule has 0 bridgehead atoms. The molecule has 3 N–H and O–H groups in total. The molecular formula is C5H9ClN4S. The molecule has 0 aliphatic heterocycles. The summed E-state index contributed by atoms with van der Waals surface area (Å²) in [6.45, 7) is 2.12. The molecule has 0 amide bonds. The van der Waals surface area contributed by atoms with Crippen LogP contribution >= 0.6 is 22.9 Å². The second kappa shape index (κ2) is 4.61. The van der Waals surface area contributed by atoms with Crippen LogP contribution in [0.1, 0.15) is 5.01 Å². The van der Waals surface area contributed by atoms with E-state index >= 15 is 0 Å². The standard InChI is InChI=1S/C5H9ClN4S/c6-5-10-9-4(11-5)3-8-2-1-7/h8H,1-3,7H2. The van der Waals surface area contributed by atoms with Crippen molar-refractivity contribution in [2.24, 2.45) is 5.73 Å². The zero-order chi connectivity index (χ0) is 8.10. The van der Waals surface area contributed by atoms with Crippen LogP contribution in [-0.2, 0) is 6.54 Å². The average Bonchev–Trinajstić information content (AvgIpc) is 2.37. The van der Waals surface area contributed by atoms with E-state index in [1.807, 2.05) is 0 Å². The van der Waals surface area contributed by atoms with E-state index in [0.29, 0.717) is 17.6 Å². The minimum Gasteiger partial charge on any atom is -0.329 e. The van der Waals surface area contributed by atoms with E-state index in [1.54, 1.807) is 0 Å². The van der Waals surface area contributed by atoms with Crippen LogP contribution in [0.15, 0.2) is 0 Å². The molecular weight excluding hydrogens is 184 g/mol. The summed E-state index contributed by atoms with van der Waals surface area (Å²) in [6.07, 6.45) is 0. The summed E-state index contributed by atoms with van der Waals surface area (Å²) in [7, 11) is 0. The third-order valence-corrected chi connectivity index (χ3v) is 2.06. The van der Waals surface area contributed by atoms with E-state index in [-0.39, 0.29) is 0 Å². The van der Waals surface area contributed by atoms with Gasteiger partial charge in [-0.05, 0) is 11.6 Å². The van der Waals surface area contributed by atoms with Crippen LogP contribution in [0.25, 0.3) is 0 Å². The van der Waals surface area contributed by atoms with E-state index < -0.39 is 0 Å². The molecule has 0 aromatic carbocycles. The SMILES string of the molecule is NCCNCc1nnc(Cl)s1. The van der Waals surface area contributed by atoms with Gasteiger partial charge in [0.15, 0.2) is 0 Å². The summed E-state index contributed by atoms with van der Waals surface area (Å²) in [4.78, 5) is 0. The third kappa shape index (κ3) is 3.11. The van der Waals surface area contributed by atoms with Crippen molar-refractivity contribution in [3.05, 3.63) is 9.47 Å². The number of nitrogens with two attached hydrogens (primary N) is 1. The number of nitrogens with zero attached hydrogens (tertiary/aromatic N) is 2. The molecule has 1 aromatic heterocycles. The van der Waals surface area contributed by atoms with Crippen molar-refractivity contribution in [3.63, 3.8) is 0 Å². The predicted molar refractivity (Wildman–Crippen MR) is 45.7 cm³/mol. The predicted octanol–water partition coefficient (Wildman–Crippen LogP) is 0.240. The van der Waals surface area contributed by atoms with Crippen molar-refractivity contribution >= 4 is 22.9 Å². The Morgan fingerprint density at radius 1 is 1.55 bits per heavy atom. The van der Waals surface area contributed by atoms with Gasteiger partial charge in [0.2, 0.25) is 4.47 Å². The van der Waals surface area contributed by atoms with E-state index in [0.717, 1.165) is 11.6 Å². The Morgan fingerprint density at radius 2 is 2.36 bits per heavy atom. The molecule has 0 fully saturated rings. The van der Waals surface area contributed by atoms with Gasteiger partial charge in [0.1, 0.15) is 5.01 Å². The Balaban J connectivity index is 2.27. The lowest BCUT2D eigenvalue weighted by atomic mass is 10.6. The van der Waals surface area contributed by atoms with Gasteiger partial charge in [-0.2, -0.15) is 0 Å². The maximum Gasteiger partial charge on any atom is 0.207 e. The molecule has 0 saturated heterocycles. The first-order valence-corrected chi connectivity index (χ1v) is 4.41. The van der Waals surface area contributed by atoms with Crippen molar-refractivity contribution in [2.45, 2.75) is 6.54 Å². The molecule has 1 aromatic rings. The van der Waals surface area contributed by atoms with Crippen LogP contribution in [0.5, 0.6) is 0 Å². The fourth-order valence-electron chi connectivity index (χ4n) is 0.602. The molecule has 62 valence electrons. The van der Waals surface area contributed by atoms with Crippen molar-refractivity contribution in [1.82, 2.24) is 15.5 Å². The largest absolute Gasteiger partial charge is 0.329 e. The molecule has 0 aliphatic rings. The van der Waals surface area contributed by atoms with Gasteiger partial charge in [-0.1, -0.05) is 11.3 Å². The van der Waals surface area contributed by atoms with Crippen LogP contribution < -0.4 is 11.1 Å². The summed E-state index contributed by atoms with van der Waals surface area (Å²) >= 11 is 6.94. The van der Waals surface area contributed by atoms with Crippen LogP contribution in [0.3, 0.4) is 0 Å². The Bertz CT molecular complexity index is 214. The summed E-state index contributed by atoms with van der Waals surface area (Å²) in [5.41, 5.74) is 5.28. The van der Waals surface area contributed by atoms with E-state index in [1.165, 1.54) is 11.3 Å². The Morgan fingerprint density at radius 3 is 2.91 bits per heavy atom. The van der Waals surface area contributed by atoms with E-state index in [2.05, 4.69) is 15.5 Å². The zero-order valence-electron chi connectivity index (χ0n) is 5.88. The highest BCUT2D eigenvalue weighted by Crippen LogP contribution is 2.13. The van der Waals surface area contributed by atoms with Gasteiger partial charge in [-0.15, -0.1) is 10.2 Å². The Kier molecular flexibility index (Phi) is 3.71. The topological polar surface area (TPSA) is 63.8 Å². The number of halogens is 1. The molecule has 4 nitrogen and oxygen atoms in total. The highest BCUT2D eigenvalue weighted by atomic mass is 35.5. The maximum atomic E-state index is 5.57. The number of aromatic nitrogens is 2. The Hall–Kier alpha value is -0.230. The summed E-state index contributed by atoms with van der Waals surface area (Å²) in [6, 6.07) is 0. The highest BCUT2D eigenvalue weighted by molar-refractivity contribution is 7.15. The smallest absolute Gasteiger partial charge is 0.207 e. The van der Waals surface area contributed by atoms with E-state index in [4.69, 9.17) is 17.3 Å². The lowest BCUT2D eigenvalue weighted by Gasteiger charge is -1.96. The summed E-state index contributed by atoms with van der Waals surface area (Å²) < 4.78 is 0.481. The molecule has 0 saturated carbocycles. The maximum absolute atomic E-state index is 5.57. The lowest BCUT2D eigenvalue weighted by Crippen LogP contribution is -2.21. The molecule has 0 radical (unpaired) electrons. The molecule has 1 heterocycles. The van der Waals surface area contributed by atoms with Crippen molar-refractivity contribution < 1.29 is 0 Å². The molecule has 1 rings (SSSR count). The first-order chi connectivity index (χ1) is 5.33. The van der Waals surface area contributed by atoms with Crippen LogP contribution in [-0.4, -0.2) is 23.3 Å². The minimum absolute atomic E-state index is 0.481. The first kappa shape index (κ1) is 8.86. The van der Waals surface area contributed by atoms with Gasteiger partial charge in [0.25, 0.3) is 0 Å². The molecule has 0 aliphatic carbocycles. The second-order valence-electron chi connectivity index (χ2n) is 1.91. The monoisotopic (exact) mass is 192 g/mol.